The van der Waals surface area contributed by atoms with Crippen LogP contribution in [0.25, 0.3) is 0 Å². The number of rotatable bonds is 3. The van der Waals surface area contributed by atoms with E-state index in [0.29, 0.717) is 0 Å². The quantitative estimate of drug-likeness (QED) is 0.284. The second-order valence-electron chi connectivity index (χ2n) is 8.08. The molecule has 0 atom stereocenters. The van der Waals surface area contributed by atoms with Gasteiger partial charge in [0.25, 0.3) is 0 Å². The summed E-state index contributed by atoms with van der Waals surface area (Å²) in [5.41, 5.74) is 0. The summed E-state index contributed by atoms with van der Waals surface area (Å²) >= 11 is 0. The van der Waals surface area contributed by atoms with E-state index in [9.17, 15) is 0 Å². The molecular formula is C21H35Cm-. The van der Waals surface area contributed by atoms with Crippen molar-refractivity contribution in [3.63, 3.8) is 0 Å². The van der Waals surface area contributed by atoms with Crippen LogP contribution in [-0.4, -0.2) is 0 Å². The summed E-state index contributed by atoms with van der Waals surface area (Å²) in [6.45, 7) is 2.18. The van der Waals surface area contributed by atoms with Gasteiger partial charge in [-0.25, -0.2) is 0 Å². The van der Waals surface area contributed by atoms with Crippen LogP contribution in [0.1, 0.15) is 84.0 Å². The summed E-state index contributed by atoms with van der Waals surface area (Å²) in [5, 5.41) is 0. The molecule has 3 aliphatic rings. The van der Waals surface area contributed by atoms with E-state index in [1.54, 1.807) is 25.7 Å². The third kappa shape index (κ3) is 4.14. The van der Waals surface area contributed by atoms with Crippen LogP contribution in [0, 0.1) is 36.0 Å². The summed E-state index contributed by atoms with van der Waals surface area (Å²) in [5.74, 6) is 5.24. The average Bonchev–Trinajstić information content (AvgIpc) is 2.57. The summed E-state index contributed by atoms with van der Waals surface area (Å²) in [7, 11) is 0. The zero-order valence-corrected chi connectivity index (χ0v) is 17.4. The van der Waals surface area contributed by atoms with Crippen molar-refractivity contribution in [2.45, 2.75) is 84.0 Å². The summed E-state index contributed by atoms with van der Waals surface area (Å²) < 4.78 is 0. The van der Waals surface area contributed by atoms with E-state index in [0.717, 1.165) is 29.6 Å². The van der Waals surface area contributed by atoms with Gasteiger partial charge >= 0.3 is 0 Å². The van der Waals surface area contributed by atoms with E-state index >= 15 is 0 Å². The Morgan fingerprint density at radius 3 is 1.50 bits per heavy atom. The number of hydrogen-bond acceptors (Lipinski definition) is 0. The molecule has 0 aromatic carbocycles. The van der Waals surface area contributed by atoms with E-state index in [1.807, 2.05) is 0 Å². The van der Waals surface area contributed by atoms with Gasteiger partial charge in [0, 0.05) is 0 Å². The van der Waals surface area contributed by atoms with Gasteiger partial charge in [0.1, 0.15) is 0 Å². The predicted octanol–water partition coefficient (Wildman–Crippen LogP) is 6.57. The first-order chi connectivity index (χ1) is 10.4. The van der Waals surface area contributed by atoms with Gasteiger partial charge < -0.3 is 6.42 Å². The molecule has 0 amide bonds. The second kappa shape index (κ2) is 8.39. The maximum Gasteiger partial charge on any atom is 0 e. The standard InChI is InChI=1S/C21H35.Cm/c1-2-6-17-9-11-19(12-10-17)21-15-13-20(14-16-21)18-7-4-3-5-8-18;/h2-3,6,17-21H,4-5,7-16H2,1H3;/q-1;/b6-2+;. The minimum atomic E-state index is 0. The maximum absolute atomic E-state index is 2.52. The second-order valence-corrected chi connectivity index (χ2v) is 8.08. The summed E-state index contributed by atoms with van der Waals surface area (Å²) in [6.07, 6.45) is 25.2. The van der Waals surface area contributed by atoms with Crippen molar-refractivity contribution in [3.8, 4) is 0 Å². The Balaban J connectivity index is 0.00000176. The van der Waals surface area contributed by atoms with Crippen LogP contribution in [0.4, 0.5) is 0 Å². The van der Waals surface area contributed by atoms with Crippen molar-refractivity contribution in [2.75, 3.05) is 0 Å². The molecule has 0 aromatic rings. The molecule has 0 aliphatic heterocycles. The van der Waals surface area contributed by atoms with Crippen molar-refractivity contribution in [2.24, 2.45) is 29.6 Å². The van der Waals surface area contributed by atoms with Crippen molar-refractivity contribution in [1.29, 1.82) is 0 Å². The van der Waals surface area contributed by atoms with E-state index in [4.69, 9.17) is 0 Å². The van der Waals surface area contributed by atoms with Gasteiger partial charge in [-0.2, -0.15) is 12.8 Å². The Kier molecular flexibility index (Phi) is 6.52. The van der Waals surface area contributed by atoms with E-state index < -0.39 is 0 Å². The van der Waals surface area contributed by atoms with Crippen LogP contribution < -0.4 is 0 Å². The molecule has 0 unspecified atom stereocenters. The molecule has 3 saturated carbocycles. The fraction of sp³-hybridized carbons (Fsp3) is 0.857. The van der Waals surface area contributed by atoms with Crippen LogP contribution in [-0.2, 0) is 0 Å². The third-order valence-electron chi connectivity index (χ3n) is 6.91. The molecule has 1 heteroatoms. The Bertz CT molecular complexity index is 313. The first kappa shape index (κ1) is 17.1. The van der Waals surface area contributed by atoms with Crippen LogP contribution in [0.2, 0.25) is 0 Å². The first-order valence-electron chi connectivity index (χ1n) is 9.81. The van der Waals surface area contributed by atoms with Gasteiger partial charge in [0.15, 0.2) is 0 Å². The van der Waals surface area contributed by atoms with Crippen molar-refractivity contribution >= 4 is 0 Å². The zero-order valence-electron chi connectivity index (χ0n) is 14.5. The first-order valence-corrected chi connectivity index (χ1v) is 9.81. The minimum absolute atomic E-state index is 0. The molecule has 0 N–H and O–H groups in total. The van der Waals surface area contributed by atoms with Gasteiger partial charge in [-0.05, 0) is 87.9 Å². The smallest absolute Gasteiger partial charge is 0 e. The molecule has 0 aromatic heterocycles. The largest absolute Gasteiger partial charge is 0.328 e. The van der Waals surface area contributed by atoms with Gasteiger partial charge in [-0.3, -0.25) is 0 Å². The van der Waals surface area contributed by atoms with Crippen molar-refractivity contribution < 1.29 is 0 Å². The molecule has 0 saturated heterocycles. The Hall–Kier alpha value is -1.26. The molecule has 3 aliphatic carbocycles. The summed E-state index contributed by atoms with van der Waals surface area (Å²) in [6, 6.07) is 0. The predicted molar refractivity (Wildman–Crippen MR) is 92.0 cm³/mol. The van der Waals surface area contributed by atoms with E-state index in [-0.39, 0.29) is 0 Å². The minimum Gasteiger partial charge on any atom is -0.328 e. The van der Waals surface area contributed by atoms with Gasteiger partial charge in [-0.1, -0.05) is 25.0 Å². The van der Waals surface area contributed by atoms with Gasteiger partial charge in [0.05, 0.1) is 0 Å². The van der Waals surface area contributed by atoms with Crippen molar-refractivity contribution in [1.82, 2.24) is 0 Å². The van der Waals surface area contributed by atoms with Crippen molar-refractivity contribution in [3.05, 3.63) is 18.6 Å². The Morgan fingerprint density at radius 1 is 0.636 bits per heavy atom. The van der Waals surface area contributed by atoms with Crippen LogP contribution >= 0.6 is 0 Å². The molecule has 0 bridgehead atoms. The molecule has 22 heavy (non-hydrogen) atoms. The van der Waals surface area contributed by atoms with E-state index in [1.165, 1.54) is 51.4 Å². The molecule has 128 valence electrons. The van der Waals surface area contributed by atoms with E-state index in [2.05, 4.69) is 25.5 Å². The average molecular weight is 535 g/mol. The molecule has 3 fully saturated rings. The molecule has 3 rings (SSSR count). The zero-order chi connectivity index (χ0) is 14.5. The Morgan fingerprint density at radius 2 is 1.05 bits per heavy atom. The Labute approximate surface area is 132 Å². The van der Waals surface area contributed by atoms with Gasteiger partial charge in [0.2, 0.25) is 0 Å². The molecule has 0 spiro atoms. The monoisotopic (exact) mass is 530 g/mol. The summed E-state index contributed by atoms with van der Waals surface area (Å²) in [4.78, 5) is 0. The normalized spacial score (nSPS) is 37.9. The van der Waals surface area contributed by atoms with Gasteiger partial charge in [-0.15, -0.1) is 0 Å². The fourth-order valence-corrected chi connectivity index (χ4v) is 5.59. The maximum atomic E-state index is 2.52. The number of hydrogen-bond donors (Lipinski definition) is 0. The molecule has 0 heterocycles. The van der Waals surface area contributed by atoms with Crippen LogP contribution in [0.5, 0.6) is 0 Å². The topological polar surface area (TPSA) is 0 Å². The van der Waals surface area contributed by atoms with Crippen LogP contribution in [0.15, 0.2) is 12.2 Å². The number of allylic oxidation sites excluding steroid dienone is 2. The molecule has 0 radical (unpaired) electrons. The third-order valence-corrected chi connectivity index (χ3v) is 6.91. The fourth-order valence-electron chi connectivity index (χ4n) is 5.59. The molecular weight excluding hydrogens is 499 g/mol. The van der Waals surface area contributed by atoms with Crippen LogP contribution in [0.3, 0.4) is 0 Å². The molecule has 0 nitrogen and oxygen atoms in total. The SMILES string of the molecule is C/C=C/C1CCC(C2CCC(C3CC[CH-]CC3)CC2)CC1.[Cm].